The molecule has 0 aliphatic heterocycles. The van der Waals surface area contributed by atoms with E-state index in [0.717, 1.165) is 24.0 Å². The molecule has 0 heterocycles. The molecule has 0 radical (unpaired) electrons. The minimum atomic E-state index is -0.579. The van der Waals surface area contributed by atoms with Gasteiger partial charge in [0.2, 0.25) is 0 Å². The van der Waals surface area contributed by atoms with Gasteiger partial charge in [0.15, 0.2) is 11.6 Å². The number of benzene rings is 4. The van der Waals surface area contributed by atoms with Crippen LogP contribution in [0.3, 0.4) is 0 Å². The maximum absolute atomic E-state index is 15.0. The fourth-order valence-corrected chi connectivity index (χ4v) is 3.91. The Bertz CT molecular complexity index is 1310. The van der Waals surface area contributed by atoms with Gasteiger partial charge in [-0.3, -0.25) is 0 Å². The number of allylic oxidation sites excluding steroid dienone is 1. The van der Waals surface area contributed by atoms with Crippen molar-refractivity contribution in [1.29, 1.82) is 0 Å². The highest BCUT2D eigenvalue weighted by Crippen LogP contribution is 2.33. The number of rotatable bonds is 8. The average Bonchev–Trinajstić information content (AvgIpc) is 2.84. The topological polar surface area (TPSA) is 9.23 Å². The fraction of sp³-hybridized carbons (Fsp3) is 0.133. The molecule has 0 unspecified atom stereocenters. The van der Waals surface area contributed by atoms with Crippen LogP contribution in [0.4, 0.5) is 13.2 Å². The predicted octanol–water partition coefficient (Wildman–Crippen LogP) is 8.62. The highest BCUT2D eigenvalue weighted by molar-refractivity contribution is 5.74. The SMILES string of the molecule is C=CCCc1ccc(-c2ccc(-c3ccc(-c4ccc(OCC)c(F)c4)cc3F)c(F)c2)cc1. The van der Waals surface area contributed by atoms with E-state index in [1.165, 1.54) is 35.9 Å². The summed E-state index contributed by atoms with van der Waals surface area (Å²) < 4.78 is 49.4. The molecule has 0 fully saturated rings. The molecule has 0 N–H and O–H groups in total. The maximum atomic E-state index is 15.0. The molecular weight excluding hydrogens is 433 g/mol. The zero-order valence-electron chi connectivity index (χ0n) is 19.0. The summed E-state index contributed by atoms with van der Waals surface area (Å²) in [6, 6.07) is 21.7. The number of hydrogen-bond donors (Lipinski definition) is 0. The van der Waals surface area contributed by atoms with Gasteiger partial charge in [-0.2, -0.15) is 0 Å². The first kappa shape index (κ1) is 23.4. The van der Waals surface area contributed by atoms with Crippen LogP contribution in [0.5, 0.6) is 5.75 Å². The summed E-state index contributed by atoms with van der Waals surface area (Å²) in [5, 5.41) is 0. The van der Waals surface area contributed by atoms with E-state index in [4.69, 9.17) is 4.74 Å². The van der Waals surface area contributed by atoms with Gasteiger partial charge < -0.3 is 4.74 Å². The Morgan fingerprint density at radius 1 is 0.676 bits per heavy atom. The minimum absolute atomic E-state index is 0.150. The Morgan fingerprint density at radius 2 is 1.18 bits per heavy atom. The van der Waals surface area contributed by atoms with Crippen molar-refractivity contribution in [2.75, 3.05) is 6.61 Å². The molecule has 0 amide bonds. The lowest BCUT2D eigenvalue weighted by atomic mass is 9.96. The Balaban J connectivity index is 1.59. The molecule has 4 heteroatoms. The van der Waals surface area contributed by atoms with Crippen LogP contribution in [-0.4, -0.2) is 6.61 Å². The van der Waals surface area contributed by atoms with E-state index in [1.54, 1.807) is 31.2 Å². The van der Waals surface area contributed by atoms with Crippen LogP contribution in [0.1, 0.15) is 18.9 Å². The molecular formula is C30H25F3O. The number of hydrogen-bond acceptors (Lipinski definition) is 1. The first-order valence-corrected chi connectivity index (χ1v) is 11.2. The molecule has 172 valence electrons. The summed E-state index contributed by atoms with van der Waals surface area (Å²) >= 11 is 0. The Morgan fingerprint density at radius 3 is 1.68 bits per heavy atom. The van der Waals surface area contributed by atoms with E-state index >= 15 is 0 Å². The lowest BCUT2D eigenvalue weighted by Gasteiger charge is -2.11. The van der Waals surface area contributed by atoms with E-state index in [1.807, 2.05) is 30.3 Å². The van der Waals surface area contributed by atoms with E-state index < -0.39 is 17.5 Å². The average molecular weight is 459 g/mol. The van der Waals surface area contributed by atoms with Crippen LogP contribution < -0.4 is 4.74 Å². The molecule has 0 saturated carbocycles. The quantitative estimate of drug-likeness (QED) is 0.240. The van der Waals surface area contributed by atoms with Crippen molar-refractivity contribution in [3.8, 4) is 39.1 Å². The second-order valence-electron chi connectivity index (χ2n) is 7.99. The summed E-state index contributed by atoms with van der Waals surface area (Å²) in [5.41, 5.74) is 4.14. The summed E-state index contributed by atoms with van der Waals surface area (Å²) in [5.74, 6) is -1.45. The van der Waals surface area contributed by atoms with Crippen LogP contribution in [0.25, 0.3) is 33.4 Å². The molecule has 0 aliphatic carbocycles. The molecule has 4 aromatic carbocycles. The van der Waals surface area contributed by atoms with Crippen molar-refractivity contribution in [3.05, 3.63) is 115 Å². The van der Waals surface area contributed by atoms with Gasteiger partial charge in [0.1, 0.15) is 11.6 Å². The number of halogens is 3. The van der Waals surface area contributed by atoms with E-state index in [0.29, 0.717) is 17.7 Å². The van der Waals surface area contributed by atoms with Crippen LogP contribution in [-0.2, 0) is 6.42 Å². The predicted molar refractivity (Wildman–Crippen MR) is 132 cm³/mol. The zero-order chi connectivity index (χ0) is 24.1. The summed E-state index contributed by atoms with van der Waals surface area (Å²) in [6.07, 6.45) is 3.69. The van der Waals surface area contributed by atoms with Crippen molar-refractivity contribution >= 4 is 0 Å². The summed E-state index contributed by atoms with van der Waals surface area (Å²) in [4.78, 5) is 0. The van der Waals surface area contributed by atoms with Crippen LogP contribution in [0.15, 0.2) is 91.5 Å². The van der Waals surface area contributed by atoms with Gasteiger partial charge in [0.05, 0.1) is 6.61 Å². The first-order valence-electron chi connectivity index (χ1n) is 11.2. The first-order chi connectivity index (χ1) is 16.5. The Labute approximate surface area is 198 Å². The number of ether oxygens (including phenoxy) is 1. The Kier molecular flexibility index (Phi) is 7.17. The van der Waals surface area contributed by atoms with Gasteiger partial charge in [0, 0.05) is 11.1 Å². The number of aryl methyl sites for hydroxylation is 1. The lowest BCUT2D eigenvalue weighted by Crippen LogP contribution is -1.95. The van der Waals surface area contributed by atoms with E-state index in [-0.39, 0.29) is 16.9 Å². The van der Waals surface area contributed by atoms with Crippen molar-refractivity contribution in [1.82, 2.24) is 0 Å². The molecule has 34 heavy (non-hydrogen) atoms. The third-order valence-corrected chi connectivity index (χ3v) is 5.72. The van der Waals surface area contributed by atoms with Gasteiger partial charge >= 0.3 is 0 Å². The van der Waals surface area contributed by atoms with E-state index in [2.05, 4.69) is 6.58 Å². The van der Waals surface area contributed by atoms with Gasteiger partial charge in [-0.1, -0.05) is 60.7 Å². The van der Waals surface area contributed by atoms with Gasteiger partial charge in [0.25, 0.3) is 0 Å². The molecule has 4 aromatic rings. The molecule has 0 atom stereocenters. The third kappa shape index (κ3) is 5.07. The molecule has 1 nitrogen and oxygen atoms in total. The third-order valence-electron chi connectivity index (χ3n) is 5.72. The second kappa shape index (κ2) is 10.4. The largest absolute Gasteiger partial charge is 0.491 e. The van der Waals surface area contributed by atoms with Crippen molar-refractivity contribution in [3.63, 3.8) is 0 Å². The normalized spacial score (nSPS) is 10.8. The molecule has 0 spiro atoms. The molecule has 0 aromatic heterocycles. The fourth-order valence-electron chi connectivity index (χ4n) is 3.91. The van der Waals surface area contributed by atoms with Gasteiger partial charge in [-0.15, -0.1) is 6.58 Å². The Hall–Kier alpha value is -3.79. The minimum Gasteiger partial charge on any atom is -0.491 e. The van der Waals surface area contributed by atoms with Crippen molar-refractivity contribution in [2.24, 2.45) is 0 Å². The smallest absolute Gasteiger partial charge is 0.165 e. The highest BCUT2D eigenvalue weighted by atomic mass is 19.1. The van der Waals surface area contributed by atoms with Crippen molar-refractivity contribution < 1.29 is 17.9 Å². The zero-order valence-corrected chi connectivity index (χ0v) is 19.0. The van der Waals surface area contributed by atoms with Crippen LogP contribution in [0.2, 0.25) is 0 Å². The maximum Gasteiger partial charge on any atom is 0.165 e. The summed E-state index contributed by atoms with van der Waals surface area (Å²) in [7, 11) is 0. The van der Waals surface area contributed by atoms with Gasteiger partial charge in [-0.05, 0) is 71.8 Å². The standard InChI is InChI=1S/C30H25F3O/c1-3-5-6-20-7-9-21(10-8-20)22-11-14-25(27(31)17-22)26-15-12-23(18-28(26)32)24-13-16-30(34-4-2)29(33)19-24/h3,7-19H,1,4-6H2,2H3. The monoisotopic (exact) mass is 458 g/mol. The van der Waals surface area contributed by atoms with Crippen LogP contribution >= 0.6 is 0 Å². The molecule has 4 rings (SSSR count). The van der Waals surface area contributed by atoms with Crippen LogP contribution in [0, 0.1) is 17.5 Å². The summed E-state index contributed by atoms with van der Waals surface area (Å²) in [6.45, 7) is 5.86. The van der Waals surface area contributed by atoms with Gasteiger partial charge in [-0.25, -0.2) is 13.2 Å². The van der Waals surface area contributed by atoms with E-state index in [9.17, 15) is 13.2 Å². The molecule has 0 bridgehead atoms. The highest BCUT2D eigenvalue weighted by Gasteiger charge is 2.14. The second-order valence-corrected chi connectivity index (χ2v) is 7.99. The lowest BCUT2D eigenvalue weighted by molar-refractivity contribution is 0.321. The molecule has 0 saturated heterocycles. The van der Waals surface area contributed by atoms with Crippen molar-refractivity contribution in [2.45, 2.75) is 19.8 Å². The molecule has 0 aliphatic rings.